The van der Waals surface area contributed by atoms with Gasteiger partial charge in [0.2, 0.25) is 5.95 Å². The number of likely N-dealkylation sites (N-methyl/N-ethyl adjacent to an activating group) is 1. The number of aromatic nitrogens is 3. The van der Waals surface area contributed by atoms with E-state index in [1.807, 2.05) is 25.0 Å². The minimum absolute atomic E-state index is 0.164. The number of nitrogens with one attached hydrogen (secondary N) is 1. The van der Waals surface area contributed by atoms with Gasteiger partial charge in [0, 0.05) is 50.7 Å². The second-order valence-corrected chi connectivity index (χ2v) is 10.5. The van der Waals surface area contributed by atoms with Crippen molar-refractivity contribution in [2.24, 2.45) is 0 Å². The molecule has 9 nitrogen and oxygen atoms in total. The van der Waals surface area contributed by atoms with Gasteiger partial charge in [-0.25, -0.2) is 4.98 Å². The summed E-state index contributed by atoms with van der Waals surface area (Å²) in [5, 5.41) is 1.89. The van der Waals surface area contributed by atoms with Gasteiger partial charge in [-0.15, -0.1) is 0 Å². The molecule has 3 heterocycles. The number of nitrogen functional groups attached to an aromatic ring is 1. The first-order valence-corrected chi connectivity index (χ1v) is 13.6. The Morgan fingerprint density at radius 2 is 1.76 bits per heavy atom. The SMILES string of the molecule is Bc1cnc(N)nc1N(NC(=O)c1ccc(-c2ccc(CN3CCN(C)CC3)cc2)nc1)C1CCCCC1. The topological polar surface area (TPSA) is 104 Å². The lowest BCUT2D eigenvalue weighted by Gasteiger charge is -2.35. The summed E-state index contributed by atoms with van der Waals surface area (Å²) in [6.07, 6.45) is 8.79. The van der Waals surface area contributed by atoms with Gasteiger partial charge in [-0.05, 0) is 43.0 Å². The van der Waals surface area contributed by atoms with Crippen molar-refractivity contribution in [2.45, 2.75) is 44.7 Å². The fraction of sp³-hybridized carbons (Fsp3) is 0.429. The van der Waals surface area contributed by atoms with Crippen molar-refractivity contribution >= 4 is 31.0 Å². The maximum Gasteiger partial charge on any atom is 0.271 e. The zero-order valence-electron chi connectivity index (χ0n) is 22.4. The highest BCUT2D eigenvalue weighted by molar-refractivity contribution is 6.35. The van der Waals surface area contributed by atoms with E-state index < -0.39 is 0 Å². The highest BCUT2D eigenvalue weighted by Gasteiger charge is 2.26. The van der Waals surface area contributed by atoms with Crippen LogP contribution in [-0.2, 0) is 6.54 Å². The van der Waals surface area contributed by atoms with E-state index in [0.717, 1.165) is 75.1 Å². The number of nitrogens with zero attached hydrogens (tertiary/aromatic N) is 6. The number of nitrogens with two attached hydrogens (primary N) is 1. The van der Waals surface area contributed by atoms with Crippen molar-refractivity contribution in [2.75, 3.05) is 44.0 Å². The number of pyridine rings is 1. The molecule has 2 aliphatic rings. The number of hydrogen-bond donors (Lipinski definition) is 2. The van der Waals surface area contributed by atoms with Crippen LogP contribution in [0.3, 0.4) is 0 Å². The molecule has 0 spiro atoms. The van der Waals surface area contributed by atoms with Crippen LogP contribution in [0.1, 0.15) is 48.0 Å². The van der Waals surface area contributed by atoms with Crippen molar-refractivity contribution in [3.05, 3.63) is 59.9 Å². The Bertz CT molecular complexity index is 1220. The molecule has 3 N–H and O–H groups in total. The number of rotatable bonds is 7. The van der Waals surface area contributed by atoms with Gasteiger partial charge in [0.05, 0.1) is 17.3 Å². The highest BCUT2D eigenvalue weighted by Crippen LogP contribution is 2.25. The van der Waals surface area contributed by atoms with E-state index in [1.165, 1.54) is 12.0 Å². The standard InChI is InChI=1S/C28H37BN8O/c1-35-13-15-36(16-14-35)19-20-7-9-21(10-8-20)25-12-11-22(17-31-25)27(38)34-37(23-5-3-2-4-6-23)26-24(29)18-32-28(30)33-26/h7-12,17-18,23H,2-6,13-16,19,29H2,1H3,(H,34,38)(H2,30,32,33). The molecule has 2 fully saturated rings. The van der Waals surface area contributed by atoms with E-state index >= 15 is 0 Å². The van der Waals surface area contributed by atoms with Crippen molar-refractivity contribution in [3.8, 4) is 11.3 Å². The maximum atomic E-state index is 13.3. The molecular formula is C28H37BN8O. The van der Waals surface area contributed by atoms with Crippen LogP contribution in [0.5, 0.6) is 0 Å². The average Bonchev–Trinajstić information content (AvgIpc) is 2.95. The molecule has 0 atom stereocenters. The van der Waals surface area contributed by atoms with Gasteiger partial charge in [-0.3, -0.25) is 25.1 Å². The maximum absolute atomic E-state index is 13.3. The third-order valence-electron chi connectivity index (χ3n) is 7.63. The first-order chi connectivity index (χ1) is 18.5. The van der Waals surface area contributed by atoms with Crippen molar-refractivity contribution in [3.63, 3.8) is 0 Å². The molecule has 1 aromatic carbocycles. The molecule has 1 amide bonds. The molecule has 2 aromatic heterocycles. The van der Waals surface area contributed by atoms with Gasteiger partial charge in [-0.2, -0.15) is 4.98 Å². The molecule has 38 heavy (non-hydrogen) atoms. The largest absolute Gasteiger partial charge is 0.368 e. The number of benzene rings is 1. The Labute approximate surface area is 225 Å². The average molecular weight is 512 g/mol. The molecule has 3 aromatic rings. The van der Waals surface area contributed by atoms with Gasteiger partial charge in [0.25, 0.3) is 5.91 Å². The number of amides is 1. The molecule has 1 aliphatic carbocycles. The predicted molar refractivity (Wildman–Crippen MR) is 154 cm³/mol. The normalized spacial score (nSPS) is 17.3. The number of hydrogen-bond acceptors (Lipinski definition) is 8. The van der Waals surface area contributed by atoms with Crippen molar-refractivity contribution in [1.82, 2.24) is 30.2 Å². The van der Waals surface area contributed by atoms with Crippen molar-refractivity contribution < 1.29 is 4.79 Å². The smallest absolute Gasteiger partial charge is 0.271 e. The van der Waals surface area contributed by atoms with Crippen molar-refractivity contribution in [1.29, 1.82) is 0 Å². The zero-order chi connectivity index (χ0) is 26.5. The summed E-state index contributed by atoms with van der Waals surface area (Å²) in [7, 11) is 4.11. The van der Waals surface area contributed by atoms with Crippen LogP contribution < -0.4 is 21.6 Å². The monoisotopic (exact) mass is 512 g/mol. The van der Waals surface area contributed by atoms with Crippen LogP contribution >= 0.6 is 0 Å². The molecule has 1 saturated carbocycles. The lowest BCUT2D eigenvalue weighted by Crippen LogP contribution is -2.52. The number of anilines is 2. The second kappa shape index (κ2) is 11.9. The van der Waals surface area contributed by atoms with Crippen LogP contribution in [0.25, 0.3) is 11.3 Å². The lowest BCUT2D eigenvalue weighted by molar-refractivity contribution is 0.0941. The molecule has 1 saturated heterocycles. The number of carbonyl (C=O) groups excluding carboxylic acids is 1. The summed E-state index contributed by atoms with van der Waals surface area (Å²) in [6.45, 7) is 5.41. The zero-order valence-corrected chi connectivity index (χ0v) is 22.4. The molecule has 0 bridgehead atoms. The second-order valence-electron chi connectivity index (χ2n) is 10.5. The van der Waals surface area contributed by atoms with Crippen LogP contribution in [0.15, 0.2) is 48.8 Å². The molecular weight excluding hydrogens is 475 g/mol. The molecule has 10 heteroatoms. The third kappa shape index (κ3) is 6.31. The minimum atomic E-state index is -0.214. The van der Waals surface area contributed by atoms with E-state index in [4.69, 9.17) is 5.73 Å². The first kappa shape index (κ1) is 26.1. The Morgan fingerprint density at radius 1 is 1.03 bits per heavy atom. The number of piperazine rings is 1. The van der Waals surface area contributed by atoms with Crippen LogP contribution in [0, 0.1) is 0 Å². The summed E-state index contributed by atoms with van der Waals surface area (Å²) < 4.78 is 0. The third-order valence-corrected chi connectivity index (χ3v) is 7.63. The molecule has 0 unspecified atom stereocenters. The Hall–Kier alpha value is -3.50. The molecule has 5 rings (SSSR count). The van der Waals surface area contributed by atoms with Crippen LogP contribution in [0.2, 0.25) is 0 Å². The lowest BCUT2D eigenvalue weighted by atomic mass is 9.93. The van der Waals surface area contributed by atoms with E-state index in [9.17, 15) is 4.79 Å². The predicted octanol–water partition coefficient (Wildman–Crippen LogP) is 1.61. The van der Waals surface area contributed by atoms with Gasteiger partial charge in [0.1, 0.15) is 13.7 Å². The van der Waals surface area contributed by atoms with Gasteiger partial charge in [-0.1, -0.05) is 43.5 Å². The van der Waals surface area contributed by atoms with E-state index in [-0.39, 0.29) is 17.9 Å². The Morgan fingerprint density at radius 3 is 2.45 bits per heavy atom. The summed E-state index contributed by atoms with van der Waals surface area (Å²) >= 11 is 0. The molecule has 1 aliphatic heterocycles. The number of carbonyl (C=O) groups is 1. The van der Waals surface area contributed by atoms with Gasteiger partial charge in [0.15, 0.2) is 0 Å². The van der Waals surface area contributed by atoms with Gasteiger partial charge >= 0.3 is 0 Å². The van der Waals surface area contributed by atoms with E-state index in [2.05, 4.69) is 61.5 Å². The van der Waals surface area contributed by atoms with Crippen LogP contribution in [-0.4, -0.2) is 77.8 Å². The fourth-order valence-corrected chi connectivity index (χ4v) is 5.26. The molecule has 0 radical (unpaired) electrons. The van der Waals surface area contributed by atoms with E-state index in [1.54, 1.807) is 12.4 Å². The van der Waals surface area contributed by atoms with Crippen LogP contribution in [0.4, 0.5) is 11.8 Å². The Balaban J connectivity index is 1.26. The summed E-state index contributed by atoms with van der Waals surface area (Å²) in [5.74, 6) is 0.633. The first-order valence-electron chi connectivity index (χ1n) is 13.6. The van der Waals surface area contributed by atoms with Gasteiger partial charge < -0.3 is 10.6 Å². The minimum Gasteiger partial charge on any atom is -0.368 e. The fourth-order valence-electron chi connectivity index (χ4n) is 5.26. The quantitative estimate of drug-likeness (QED) is 0.364. The summed E-state index contributed by atoms with van der Waals surface area (Å²) in [4.78, 5) is 31.3. The summed E-state index contributed by atoms with van der Waals surface area (Å²) in [6, 6.07) is 12.5. The molecule has 198 valence electrons. The van der Waals surface area contributed by atoms with E-state index in [0.29, 0.717) is 11.4 Å². The highest BCUT2D eigenvalue weighted by atomic mass is 16.2. The number of hydrazine groups is 1. The Kier molecular flexibility index (Phi) is 8.19. The summed E-state index contributed by atoms with van der Waals surface area (Å²) in [5.41, 5.74) is 13.5.